The molecule has 0 spiro atoms. The van der Waals surface area contributed by atoms with Gasteiger partial charge in [0, 0.05) is 5.56 Å². The number of fused-ring (bicyclic) bond motifs is 1. The first-order valence-electron chi connectivity index (χ1n) is 13.0. The van der Waals surface area contributed by atoms with Crippen LogP contribution in [0.2, 0.25) is 0 Å². The zero-order chi connectivity index (χ0) is 31.2. The summed E-state index contributed by atoms with van der Waals surface area (Å²) in [6.45, 7) is -1.52. The number of rotatable bonds is 7. The molecule has 2 aliphatic heterocycles. The van der Waals surface area contributed by atoms with Crippen molar-refractivity contribution < 1.29 is 74.4 Å². The molecule has 3 heterocycles. The summed E-state index contributed by atoms with van der Waals surface area (Å²) < 4.78 is 27.7. The Balaban J connectivity index is 1.59. The summed E-state index contributed by atoms with van der Waals surface area (Å²) in [5.41, 5.74) is -1.05. The second-order valence-corrected chi connectivity index (χ2v) is 10.1. The summed E-state index contributed by atoms with van der Waals surface area (Å²) in [7, 11) is 0. The lowest BCUT2D eigenvalue weighted by molar-refractivity contribution is -0.277. The van der Waals surface area contributed by atoms with Gasteiger partial charge in [0.2, 0.25) is 23.8 Å². The van der Waals surface area contributed by atoms with Gasteiger partial charge < -0.3 is 74.4 Å². The van der Waals surface area contributed by atoms with E-state index < -0.39 is 103 Å². The lowest BCUT2D eigenvalue weighted by atomic mass is 9.99. The number of phenolic OH excluding ortho intramolecular Hbond substituents is 2. The van der Waals surface area contributed by atoms with Gasteiger partial charge in [-0.3, -0.25) is 4.79 Å². The van der Waals surface area contributed by atoms with E-state index in [1.807, 2.05) is 0 Å². The number of aliphatic hydroxyl groups excluding tert-OH is 8. The van der Waals surface area contributed by atoms with Crippen molar-refractivity contribution in [2.75, 3.05) is 13.2 Å². The van der Waals surface area contributed by atoms with Crippen molar-refractivity contribution in [1.29, 1.82) is 0 Å². The molecule has 10 N–H and O–H groups in total. The minimum atomic E-state index is -1.91. The molecule has 5 rings (SSSR count). The summed E-state index contributed by atoms with van der Waals surface area (Å²) in [5, 5.41) is 100. The maximum Gasteiger partial charge on any atom is 0.239 e. The van der Waals surface area contributed by atoms with Crippen LogP contribution in [0.15, 0.2) is 45.6 Å². The van der Waals surface area contributed by atoms with Crippen LogP contribution in [-0.4, -0.2) is 126 Å². The Morgan fingerprint density at radius 2 is 1.21 bits per heavy atom. The van der Waals surface area contributed by atoms with Gasteiger partial charge >= 0.3 is 0 Å². The van der Waals surface area contributed by atoms with Crippen molar-refractivity contribution >= 4 is 11.0 Å². The highest BCUT2D eigenvalue weighted by Crippen LogP contribution is 2.40. The van der Waals surface area contributed by atoms with Crippen LogP contribution in [0.25, 0.3) is 22.3 Å². The Hall–Kier alpha value is -3.55. The number of hydrogen-bond donors (Lipinski definition) is 10. The standard InChI is InChI=1S/C27H30O16/c28-7-13-17(32)20(35)22(37)26(41-13)40-12-6-5-11-15(16(12)31)19(34)25(24(39-11)9-1-3-10(30)4-2-9)43-27-23(38)21(36)18(33)14(8-29)42-27/h1-6,13-14,17-18,20-23,26-33,35-38H,7-8H2/t13-,14-,17-,18-,20+,21+,22-,23-,26-,27+/m1/s1. The van der Waals surface area contributed by atoms with Gasteiger partial charge in [0.15, 0.2) is 17.3 Å². The molecule has 2 fully saturated rings. The van der Waals surface area contributed by atoms with Crippen LogP contribution in [-0.2, 0) is 9.47 Å². The Kier molecular flexibility index (Phi) is 8.77. The Labute approximate surface area is 241 Å². The highest BCUT2D eigenvalue weighted by Gasteiger charge is 2.46. The monoisotopic (exact) mass is 610 g/mol. The van der Waals surface area contributed by atoms with Crippen molar-refractivity contribution in [1.82, 2.24) is 0 Å². The SMILES string of the molecule is O=c1c(O[C@@H]2O[C@H](CO)[C@@H](O)[C@H](O)[C@H]2O)c(-c2ccc(O)cc2)oc2ccc(O[C@@H]3O[C@H](CO)[C@@H](O)[C@H](O)[C@H]3O)c(O)c12. The second kappa shape index (κ2) is 12.2. The van der Waals surface area contributed by atoms with Crippen LogP contribution < -0.4 is 14.9 Å². The highest BCUT2D eigenvalue weighted by molar-refractivity contribution is 5.89. The van der Waals surface area contributed by atoms with Crippen molar-refractivity contribution in [2.45, 2.75) is 61.4 Å². The first-order valence-corrected chi connectivity index (χ1v) is 13.0. The molecule has 0 unspecified atom stereocenters. The van der Waals surface area contributed by atoms with Crippen LogP contribution in [0.3, 0.4) is 0 Å². The lowest BCUT2D eigenvalue weighted by Crippen LogP contribution is -2.60. The maximum atomic E-state index is 13.9. The molecular weight excluding hydrogens is 580 g/mol. The van der Waals surface area contributed by atoms with E-state index in [-0.39, 0.29) is 22.7 Å². The van der Waals surface area contributed by atoms with E-state index in [1.54, 1.807) is 0 Å². The van der Waals surface area contributed by atoms with Crippen molar-refractivity contribution in [3.8, 4) is 34.3 Å². The van der Waals surface area contributed by atoms with E-state index in [0.717, 1.165) is 6.07 Å². The van der Waals surface area contributed by atoms with E-state index in [9.17, 15) is 55.9 Å². The molecule has 1 aromatic heterocycles. The van der Waals surface area contributed by atoms with Crippen LogP contribution in [0, 0.1) is 0 Å². The predicted molar refractivity (Wildman–Crippen MR) is 140 cm³/mol. The Bertz CT molecular complexity index is 1490. The highest BCUT2D eigenvalue weighted by atomic mass is 16.7. The first-order chi connectivity index (χ1) is 20.5. The molecule has 3 aromatic rings. The minimum absolute atomic E-state index is 0.115. The molecule has 0 amide bonds. The third-order valence-corrected chi connectivity index (χ3v) is 7.26. The largest absolute Gasteiger partial charge is 0.508 e. The first kappa shape index (κ1) is 30.9. The van der Waals surface area contributed by atoms with Crippen molar-refractivity contribution in [2.24, 2.45) is 0 Å². The van der Waals surface area contributed by atoms with Gasteiger partial charge in [-0.2, -0.15) is 0 Å². The summed E-state index contributed by atoms with van der Waals surface area (Å²) in [6, 6.07) is 7.68. The van der Waals surface area contributed by atoms with Gasteiger partial charge in [0.05, 0.1) is 13.2 Å². The van der Waals surface area contributed by atoms with Crippen molar-refractivity contribution in [3.05, 3.63) is 46.6 Å². The average Bonchev–Trinajstić information content (AvgIpc) is 3.00. The zero-order valence-electron chi connectivity index (χ0n) is 22.1. The molecule has 0 aliphatic carbocycles. The molecule has 234 valence electrons. The van der Waals surface area contributed by atoms with E-state index in [1.165, 1.54) is 30.3 Å². The topological polar surface area (TPSA) is 269 Å². The van der Waals surface area contributed by atoms with Crippen LogP contribution in [0.5, 0.6) is 23.0 Å². The molecule has 2 aliphatic rings. The molecule has 16 nitrogen and oxygen atoms in total. The molecule has 2 aromatic carbocycles. The fourth-order valence-corrected chi connectivity index (χ4v) is 4.81. The minimum Gasteiger partial charge on any atom is -0.508 e. The quantitative estimate of drug-likeness (QED) is 0.130. The molecule has 0 saturated carbocycles. The second-order valence-electron chi connectivity index (χ2n) is 10.1. The Morgan fingerprint density at radius 1 is 0.674 bits per heavy atom. The number of ether oxygens (including phenoxy) is 4. The lowest BCUT2D eigenvalue weighted by Gasteiger charge is -2.39. The molecule has 0 bridgehead atoms. The van der Waals surface area contributed by atoms with Gasteiger partial charge in [-0.1, -0.05) is 0 Å². The third kappa shape index (κ3) is 5.61. The number of phenols is 2. The van der Waals surface area contributed by atoms with Crippen molar-refractivity contribution in [3.63, 3.8) is 0 Å². The van der Waals surface area contributed by atoms with Gasteiger partial charge in [0.25, 0.3) is 0 Å². The molecular formula is C27H30O16. The molecule has 43 heavy (non-hydrogen) atoms. The summed E-state index contributed by atoms with van der Waals surface area (Å²) in [6.07, 6.45) is -17.0. The van der Waals surface area contributed by atoms with Gasteiger partial charge in [-0.05, 0) is 36.4 Å². The molecule has 10 atom stereocenters. The fourth-order valence-electron chi connectivity index (χ4n) is 4.81. The Morgan fingerprint density at radius 3 is 1.74 bits per heavy atom. The normalized spacial score (nSPS) is 32.9. The van der Waals surface area contributed by atoms with Gasteiger partial charge in [-0.25, -0.2) is 0 Å². The van der Waals surface area contributed by atoms with Gasteiger partial charge in [-0.15, -0.1) is 0 Å². The number of aromatic hydroxyl groups is 2. The number of aliphatic hydroxyl groups is 8. The smallest absolute Gasteiger partial charge is 0.239 e. The summed E-state index contributed by atoms with van der Waals surface area (Å²) >= 11 is 0. The van der Waals surface area contributed by atoms with E-state index in [4.69, 9.17) is 23.4 Å². The zero-order valence-corrected chi connectivity index (χ0v) is 22.1. The number of benzene rings is 2. The van der Waals surface area contributed by atoms with E-state index in [2.05, 4.69) is 0 Å². The molecule has 16 heteroatoms. The van der Waals surface area contributed by atoms with Gasteiger partial charge in [0.1, 0.15) is 65.6 Å². The molecule has 2 saturated heterocycles. The maximum absolute atomic E-state index is 13.9. The van der Waals surface area contributed by atoms with Crippen LogP contribution >= 0.6 is 0 Å². The number of hydrogen-bond acceptors (Lipinski definition) is 16. The predicted octanol–water partition coefficient (Wildman–Crippen LogP) is -2.77. The van der Waals surface area contributed by atoms with Crippen LogP contribution in [0.4, 0.5) is 0 Å². The third-order valence-electron chi connectivity index (χ3n) is 7.26. The summed E-state index contributed by atoms with van der Waals surface area (Å²) in [4.78, 5) is 13.9. The van der Waals surface area contributed by atoms with Crippen LogP contribution in [0.1, 0.15) is 0 Å². The fraction of sp³-hybridized carbons (Fsp3) is 0.444. The van der Waals surface area contributed by atoms with E-state index >= 15 is 0 Å². The summed E-state index contributed by atoms with van der Waals surface area (Å²) in [5.74, 6) is -2.30. The van der Waals surface area contributed by atoms with E-state index in [0.29, 0.717) is 0 Å². The average molecular weight is 611 g/mol. The molecule has 0 radical (unpaired) electrons.